The summed E-state index contributed by atoms with van der Waals surface area (Å²) in [6.45, 7) is 1.54. The number of anilines is 1. The van der Waals surface area contributed by atoms with Crippen molar-refractivity contribution in [3.63, 3.8) is 0 Å². The van der Waals surface area contributed by atoms with Gasteiger partial charge in [0.05, 0.1) is 23.6 Å². The number of hydrogen-bond donors (Lipinski definition) is 2. The molecule has 0 bridgehead atoms. The highest BCUT2D eigenvalue weighted by Crippen LogP contribution is 2.20. The summed E-state index contributed by atoms with van der Waals surface area (Å²) in [4.78, 5) is 22.8. The summed E-state index contributed by atoms with van der Waals surface area (Å²) in [5.74, 6) is -1.16. The zero-order chi connectivity index (χ0) is 15.3. The van der Waals surface area contributed by atoms with E-state index in [-0.39, 0.29) is 29.3 Å². The Balaban J connectivity index is 3.28. The molecule has 0 spiro atoms. The molecule has 0 aliphatic rings. The Bertz CT molecular complexity index is 625. The predicted octanol–water partition coefficient (Wildman–Crippen LogP) is 0.164. The molecule has 0 radical (unpaired) electrons. The summed E-state index contributed by atoms with van der Waals surface area (Å²) in [6, 6.07) is 3.79. The third kappa shape index (κ3) is 4.32. The quantitative estimate of drug-likeness (QED) is 0.749. The van der Waals surface area contributed by atoms with E-state index in [0.29, 0.717) is 0 Å². The molecule has 3 N–H and O–H groups in total. The summed E-state index contributed by atoms with van der Waals surface area (Å²) in [5.41, 5.74) is 5.38. The summed E-state index contributed by atoms with van der Waals surface area (Å²) in [5, 5.41) is 2.41. The van der Waals surface area contributed by atoms with E-state index in [1.54, 1.807) is 6.92 Å². The first-order chi connectivity index (χ1) is 9.27. The van der Waals surface area contributed by atoms with Gasteiger partial charge in [0.1, 0.15) is 0 Å². The van der Waals surface area contributed by atoms with Crippen LogP contribution in [0.2, 0.25) is 0 Å². The third-order valence-corrected chi connectivity index (χ3v) is 3.41. The molecular weight excluding hydrogens is 284 g/mol. The second kappa shape index (κ2) is 6.49. The van der Waals surface area contributed by atoms with Crippen LogP contribution in [-0.2, 0) is 19.4 Å². The Hall–Kier alpha value is -1.93. The lowest BCUT2D eigenvalue weighted by Crippen LogP contribution is -2.22. The first kappa shape index (κ1) is 16.1. The first-order valence-corrected chi connectivity index (χ1v) is 7.69. The Kier molecular flexibility index (Phi) is 5.23. The number of carbonyl (C=O) groups excluding carboxylic acids is 2. The molecule has 0 heterocycles. The number of amides is 1. The molecule has 0 fully saturated rings. The van der Waals surface area contributed by atoms with Gasteiger partial charge < -0.3 is 15.8 Å². The molecule has 0 saturated heterocycles. The van der Waals surface area contributed by atoms with Crippen LogP contribution in [0.25, 0.3) is 0 Å². The van der Waals surface area contributed by atoms with E-state index >= 15 is 0 Å². The van der Waals surface area contributed by atoms with Crippen molar-refractivity contribution in [3.05, 3.63) is 23.8 Å². The maximum atomic E-state index is 11.7. The fourth-order valence-electron chi connectivity index (χ4n) is 1.43. The topological polar surface area (TPSA) is 116 Å². The highest BCUT2D eigenvalue weighted by molar-refractivity contribution is 7.90. The van der Waals surface area contributed by atoms with Gasteiger partial charge in [-0.1, -0.05) is 0 Å². The molecule has 0 aromatic heterocycles. The molecule has 110 valence electrons. The monoisotopic (exact) mass is 300 g/mol. The van der Waals surface area contributed by atoms with Crippen LogP contribution >= 0.6 is 0 Å². The van der Waals surface area contributed by atoms with Gasteiger partial charge in [-0.05, 0) is 25.1 Å². The third-order valence-electron chi connectivity index (χ3n) is 2.31. The molecule has 7 nitrogen and oxygen atoms in total. The Morgan fingerprint density at radius 3 is 2.45 bits per heavy atom. The lowest BCUT2D eigenvalue weighted by atomic mass is 10.2. The van der Waals surface area contributed by atoms with Crippen LogP contribution in [0.5, 0.6) is 0 Å². The van der Waals surface area contributed by atoms with Crippen LogP contribution in [0.15, 0.2) is 23.1 Å². The first-order valence-electron chi connectivity index (χ1n) is 5.80. The van der Waals surface area contributed by atoms with Crippen molar-refractivity contribution in [2.75, 3.05) is 24.7 Å². The molecular formula is C12H16N2O5S. The average molecular weight is 300 g/mol. The molecule has 8 heteroatoms. The van der Waals surface area contributed by atoms with Crippen LogP contribution in [-0.4, -0.2) is 39.7 Å². The van der Waals surface area contributed by atoms with Gasteiger partial charge in [-0.3, -0.25) is 4.79 Å². The second-order valence-electron chi connectivity index (χ2n) is 3.99. The molecule has 1 aromatic carbocycles. The summed E-state index contributed by atoms with van der Waals surface area (Å²) >= 11 is 0. The van der Waals surface area contributed by atoms with E-state index in [1.165, 1.54) is 18.2 Å². The number of nitrogens with two attached hydrogens (primary N) is 1. The van der Waals surface area contributed by atoms with Crippen molar-refractivity contribution < 1.29 is 22.7 Å². The average Bonchev–Trinajstić information content (AvgIpc) is 2.37. The van der Waals surface area contributed by atoms with Gasteiger partial charge >= 0.3 is 5.97 Å². The summed E-state index contributed by atoms with van der Waals surface area (Å²) < 4.78 is 28.0. The van der Waals surface area contributed by atoms with Crippen molar-refractivity contribution >= 4 is 27.4 Å². The van der Waals surface area contributed by atoms with Gasteiger partial charge in [0.2, 0.25) is 5.91 Å². The van der Waals surface area contributed by atoms with E-state index in [2.05, 4.69) is 5.32 Å². The highest BCUT2D eigenvalue weighted by atomic mass is 32.2. The minimum Gasteiger partial charge on any atom is -0.462 e. The molecule has 1 aromatic rings. The standard InChI is InChI=1S/C12H16N2O5S/c1-3-19-12(16)8-4-9(14-11(15)7-13)6-10(5-8)20(2,17)18/h4-6H,3,7,13H2,1-2H3,(H,14,15). The highest BCUT2D eigenvalue weighted by Gasteiger charge is 2.15. The van der Waals surface area contributed by atoms with Gasteiger partial charge in [-0.15, -0.1) is 0 Å². The van der Waals surface area contributed by atoms with Crippen molar-refractivity contribution in [1.82, 2.24) is 0 Å². The number of hydrogen-bond acceptors (Lipinski definition) is 6. The lowest BCUT2D eigenvalue weighted by molar-refractivity contribution is -0.114. The molecule has 0 aliphatic carbocycles. The minimum atomic E-state index is -3.53. The number of nitrogens with one attached hydrogen (secondary N) is 1. The molecule has 0 atom stereocenters. The Morgan fingerprint density at radius 1 is 1.30 bits per heavy atom. The van der Waals surface area contributed by atoms with Crippen molar-refractivity contribution in [2.45, 2.75) is 11.8 Å². The SMILES string of the molecule is CCOC(=O)c1cc(NC(=O)CN)cc(S(C)(=O)=O)c1. The lowest BCUT2D eigenvalue weighted by Gasteiger charge is -2.09. The molecule has 0 unspecified atom stereocenters. The maximum absolute atomic E-state index is 11.7. The van der Waals surface area contributed by atoms with Crippen LogP contribution in [0.1, 0.15) is 17.3 Å². The Morgan fingerprint density at radius 2 is 1.95 bits per heavy atom. The summed E-state index contributed by atoms with van der Waals surface area (Å²) in [7, 11) is -3.53. The zero-order valence-corrected chi connectivity index (χ0v) is 12.0. The Labute approximate surface area is 117 Å². The molecule has 20 heavy (non-hydrogen) atoms. The van der Waals surface area contributed by atoms with Gasteiger partial charge in [0, 0.05) is 11.9 Å². The van der Waals surface area contributed by atoms with Gasteiger partial charge in [0.25, 0.3) is 0 Å². The number of esters is 1. The second-order valence-corrected chi connectivity index (χ2v) is 6.01. The normalized spacial score (nSPS) is 10.9. The molecule has 0 aliphatic heterocycles. The van der Waals surface area contributed by atoms with Crippen molar-refractivity contribution in [1.29, 1.82) is 0 Å². The van der Waals surface area contributed by atoms with Gasteiger partial charge in [-0.25, -0.2) is 13.2 Å². The summed E-state index contributed by atoms with van der Waals surface area (Å²) in [6.07, 6.45) is 1.01. The van der Waals surface area contributed by atoms with E-state index in [4.69, 9.17) is 10.5 Å². The van der Waals surface area contributed by atoms with E-state index in [0.717, 1.165) is 6.26 Å². The van der Waals surface area contributed by atoms with Gasteiger partial charge in [0.15, 0.2) is 9.84 Å². The van der Waals surface area contributed by atoms with Crippen LogP contribution in [0.3, 0.4) is 0 Å². The smallest absolute Gasteiger partial charge is 0.338 e. The fourth-order valence-corrected chi connectivity index (χ4v) is 2.11. The largest absolute Gasteiger partial charge is 0.462 e. The maximum Gasteiger partial charge on any atom is 0.338 e. The number of carbonyl (C=O) groups is 2. The molecule has 1 rings (SSSR count). The number of sulfone groups is 1. The molecule has 0 saturated carbocycles. The zero-order valence-electron chi connectivity index (χ0n) is 11.2. The van der Waals surface area contributed by atoms with Crippen LogP contribution in [0, 0.1) is 0 Å². The minimum absolute atomic E-state index is 0.0436. The fraction of sp³-hybridized carbons (Fsp3) is 0.333. The van der Waals surface area contributed by atoms with Crippen molar-refractivity contribution in [3.8, 4) is 0 Å². The predicted molar refractivity (Wildman–Crippen MR) is 73.2 cm³/mol. The van der Waals surface area contributed by atoms with Gasteiger partial charge in [-0.2, -0.15) is 0 Å². The number of rotatable bonds is 5. The molecule has 1 amide bonds. The van der Waals surface area contributed by atoms with E-state index in [1.807, 2.05) is 0 Å². The number of ether oxygens (including phenoxy) is 1. The van der Waals surface area contributed by atoms with Crippen LogP contribution < -0.4 is 11.1 Å². The van der Waals surface area contributed by atoms with E-state index in [9.17, 15) is 18.0 Å². The van der Waals surface area contributed by atoms with Crippen LogP contribution in [0.4, 0.5) is 5.69 Å². The van der Waals surface area contributed by atoms with Crippen molar-refractivity contribution in [2.24, 2.45) is 5.73 Å². The number of benzene rings is 1. The van der Waals surface area contributed by atoms with E-state index < -0.39 is 21.7 Å².